The van der Waals surface area contributed by atoms with Gasteiger partial charge in [-0.1, -0.05) is 48.0 Å². The standard InChI is InChI=1S/C22H20N2O2S/c1-3-26-19-7-5-4-6-17(19)12-24-14-23-21-20(22(24)25)18(13-27-21)16-10-8-15(2)9-11-16/h4-11,13-14H,3,12H2,1-2H3. The molecule has 4 rings (SSSR count). The second-order valence-electron chi connectivity index (χ2n) is 6.41. The lowest BCUT2D eigenvalue weighted by atomic mass is 10.1. The van der Waals surface area contributed by atoms with E-state index in [1.54, 1.807) is 10.9 Å². The van der Waals surface area contributed by atoms with Crippen LogP contribution in [-0.4, -0.2) is 16.2 Å². The van der Waals surface area contributed by atoms with Crippen LogP contribution in [0.4, 0.5) is 0 Å². The molecule has 0 atom stereocenters. The Morgan fingerprint density at radius 1 is 1.11 bits per heavy atom. The number of aromatic nitrogens is 2. The number of para-hydroxylation sites is 1. The first kappa shape index (κ1) is 17.5. The predicted molar refractivity (Wildman–Crippen MR) is 111 cm³/mol. The van der Waals surface area contributed by atoms with Crippen LogP contribution in [0.3, 0.4) is 0 Å². The van der Waals surface area contributed by atoms with Gasteiger partial charge in [-0.2, -0.15) is 0 Å². The molecule has 2 aromatic carbocycles. The van der Waals surface area contributed by atoms with Crippen LogP contribution in [-0.2, 0) is 6.54 Å². The molecule has 0 saturated carbocycles. The summed E-state index contributed by atoms with van der Waals surface area (Å²) in [7, 11) is 0. The number of ether oxygens (including phenoxy) is 1. The topological polar surface area (TPSA) is 44.1 Å². The number of thiophene rings is 1. The summed E-state index contributed by atoms with van der Waals surface area (Å²) in [4.78, 5) is 18.5. The first-order chi connectivity index (χ1) is 13.2. The Bertz CT molecular complexity index is 1140. The highest BCUT2D eigenvalue weighted by atomic mass is 32.1. The van der Waals surface area contributed by atoms with E-state index in [1.807, 2.05) is 36.6 Å². The molecule has 0 aliphatic heterocycles. The van der Waals surface area contributed by atoms with E-state index in [-0.39, 0.29) is 5.56 Å². The van der Waals surface area contributed by atoms with Crippen LogP contribution in [0, 0.1) is 6.92 Å². The fourth-order valence-electron chi connectivity index (χ4n) is 3.14. The molecule has 0 N–H and O–H groups in total. The lowest BCUT2D eigenvalue weighted by Gasteiger charge is -2.11. The summed E-state index contributed by atoms with van der Waals surface area (Å²) in [5, 5.41) is 2.70. The number of benzene rings is 2. The first-order valence-electron chi connectivity index (χ1n) is 8.91. The van der Waals surface area contributed by atoms with Crippen molar-refractivity contribution in [1.82, 2.24) is 9.55 Å². The molecule has 0 aliphatic rings. The van der Waals surface area contributed by atoms with Crippen molar-refractivity contribution in [2.45, 2.75) is 20.4 Å². The molecule has 136 valence electrons. The summed E-state index contributed by atoms with van der Waals surface area (Å²) in [5.41, 5.74) is 4.12. The summed E-state index contributed by atoms with van der Waals surface area (Å²) in [6.07, 6.45) is 1.63. The van der Waals surface area contributed by atoms with Gasteiger partial charge in [-0.15, -0.1) is 11.3 Å². The number of rotatable bonds is 5. The second-order valence-corrected chi connectivity index (χ2v) is 7.27. The number of aryl methyl sites for hydroxylation is 1. The Kier molecular flexibility index (Phi) is 4.77. The molecule has 2 heterocycles. The molecule has 4 nitrogen and oxygen atoms in total. The van der Waals surface area contributed by atoms with E-state index >= 15 is 0 Å². The molecule has 0 amide bonds. The SMILES string of the molecule is CCOc1ccccc1Cn1cnc2scc(-c3ccc(C)cc3)c2c1=O. The predicted octanol–water partition coefficient (Wildman–Crippen LogP) is 4.88. The largest absolute Gasteiger partial charge is 0.494 e. The molecule has 0 bridgehead atoms. The van der Waals surface area contributed by atoms with Crippen molar-refractivity contribution in [1.29, 1.82) is 0 Å². The summed E-state index contributed by atoms with van der Waals surface area (Å²) in [6.45, 7) is 5.03. The lowest BCUT2D eigenvalue weighted by Crippen LogP contribution is -2.21. The molecule has 0 radical (unpaired) electrons. The van der Waals surface area contributed by atoms with Gasteiger partial charge in [-0.3, -0.25) is 9.36 Å². The molecular formula is C22H20N2O2S. The van der Waals surface area contributed by atoms with Gasteiger partial charge in [-0.05, 0) is 25.5 Å². The van der Waals surface area contributed by atoms with Crippen molar-refractivity contribution in [3.8, 4) is 16.9 Å². The summed E-state index contributed by atoms with van der Waals surface area (Å²) in [6, 6.07) is 16.0. The van der Waals surface area contributed by atoms with Crippen molar-refractivity contribution >= 4 is 21.6 Å². The van der Waals surface area contributed by atoms with Gasteiger partial charge < -0.3 is 4.74 Å². The minimum Gasteiger partial charge on any atom is -0.494 e. The zero-order chi connectivity index (χ0) is 18.8. The Hall–Kier alpha value is -2.92. The maximum atomic E-state index is 13.2. The fourth-order valence-corrected chi connectivity index (χ4v) is 4.05. The highest BCUT2D eigenvalue weighted by molar-refractivity contribution is 7.17. The molecule has 0 aliphatic carbocycles. The van der Waals surface area contributed by atoms with Gasteiger partial charge in [0, 0.05) is 16.5 Å². The van der Waals surface area contributed by atoms with E-state index in [4.69, 9.17) is 4.74 Å². The van der Waals surface area contributed by atoms with Crippen LogP contribution in [0.5, 0.6) is 5.75 Å². The maximum absolute atomic E-state index is 13.2. The number of hydrogen-bond acceptors (Lipinski definition) is 4. The normalized spacial score (nSPS) is 11.0. The minimum atomic E-state index is -0.0249. The van der Waals surface area contributed by atoms with Crippen LogP contribution in [0.25, 0.3) is 21.3 Å². The van der Waals surface area contributed by atoms with E-state index in [0.29, 0.717) is 18.5 Å². The van der Waals surface area contributed by atoms with Gasteiger partial charge in [0.1, 0.15) is 10.6 Å². The van der Waals surface area contributed by atoms with Gasteiger partial charge in [0.15, 0.2) is 0 Å². The Labute approximate surface area is 161 Å². The molecule has 27 heavy (non-hydrogen) atoms. The summed E-state index contributed by atoms with van der Waals surface area (Å²) < 4.78 is 7.35. The number of hydrogen-bond donors (Lipinski definition) is 0. The second kappa shape index (κ2) is 7.37. The average molecular weight is 376 g/mol. The summed E-state index contributed by atoms with van der Waals surface area (Å²) >= 11 is 1.50. The Morgan fingerprint density at radius 3 is 2.67 bits per heavy atom. The average Bonchev–Trinajstić information content (AvgIpc) is 3.11. The first-order valence-corrected chi connectivity index (χ1v) is 9.79. The van der Waals surface area contributed by atoms with Crippen molar-refractivity contribution in [2.75, 3.05) is 6.61 Å². The lowest BCUT2D eigenvalue weighted by molar-refractivity contribution is 0.335. The monoisotopic (exact) mass is 376 g/mol. The van der Waals surface area contributed by atoms with Crippen LogP contribution in [0.15, 0.2) is 65.0 Å². The van der Waals surface area contributed by atoms with Gasteiger partial charge in [-0.25, -0.2) is 4.98 Å². The maximum Gasteiger partial charge on any atom is 0.263 e. The van der Waals surface area contributed by atoms with Gasteiger partial charge >= 0.3 is 0 Å². The molecule has 0 spiro atoms. The van der Waals surface area contributed by atoms with Crippen molar-refractivity contribution in [3.63, 3.8) is 0 Å². The molecule has 0 unspecified atom stereocenters. The third-order valence-electron chi connectivity index (χ3n) is 4.54. The summed E-state index contributed by atoms with van der Waals surface area (Å²) in [5.74, 6) is 0.802. The molecule has 2 aromatic heterocycles. The molecule has 4 aromatic rings. The molecular weight excluding hydrogens is 356 g/mol. The van der Waals surface area contributed by atoms with Crippen molar-refractivity contribution in [2.24, 2.45) is 0 Å². The van der Waals surface area contributed by atoms with Crippen molar-refractivity contribution < 1.29 is 4.74 Å². The van der Waals surface area contributed by atoms with Crippen molar-refractivity contribution in [3.05, 3.63) is 81.7 Å². The number of nitrogens with zero attached hydrogens (tertiary/aromatic N) is 2. The van der Waals surface area contributed by atoms with E-state index < -0.39 is 0 Å². The Balaban J connectivity index is 1.80. The Morgan fingerprint density at radius 2 is 1.89 bits per heavy atom. The van der Waals surface area contributed by atoms with E-state index in [0.717, 1.165) is 27.3 Å². The zero-order valence-corrected chi connectivity index (χ0v) is 16.1. The van der Waals surface area contributed by atoms with Crippen LogP contribution in [0.2, 0.25) is 0 Å². The zero-order valence-electron chi connectivity index (χ0n) is 15.3. The van der Waals surface area contributed by atoms with Gasteiger partial charge in [0.05, 0.1) is 24.9 Å². The van der Waals surface area contributed by atoms with Gasteiger partial charge in [0.2, 0.25) is 0 Å². The van der Waals surface area contributed by atoms with E-state index in [1.165, 1.54) is 16.9 Å². The smallest absolute Gasteiger partial charge is 0.263 e. The third kappa shape index (κ3) is 3.38. The quantitative estimate of drug-likeness (QED) is 0.499. The minimum absolute atomic E-state index is 0.0249. The van der Waals surface area contributed by atoms with Gasteiger partial charge in [0.25, 0.3) is 5.56 Å². The van der Waals surface area contributed by atoms with Crippen LogP contribution in [0.1, 0.15) is 18.1 Å². The molecule has 0 fully saturated rings. The highest BCUT2D eigenvalue weighted by Crippen LogP contribution is 2.31. The molecule has 5 heteroatoms. The van der Waals surface area contributed by atoms with E-state index in [9.17, 15) is 4.79 Å². The molecule has 0 saturated heterocycles. The number of fused-ring (bicyclic) bond motifs is 1. The highest BCUT2D eigenvalue weighted by Gasteiger charge is 2.14. The van der Waals surface area contributed by atoms with Crippen LogP contribution < -0.4 is 10.3 Å². The third-order valence-corrected chi connectivity index (χ3v) is 5.42. The fraction of sp³-hybridized carbons (Fsp3) is 0.182. The van der Waals surface area contributed by atoms with E-state index in [2.05, 4.69) is 36.2 Å². The van der Waals surface area contributed by atoms with Crippen LogP contribution >= 0.6 is 11.3 Å².